The summed E-state index contributed by atoms with van der Waals surface area (Å²) in [5, 5.41) is 13.9. The van der Waals surface area contributed by atoms with Crippen LogP contribution in [-0.4, -0.2) is 17.8 Å². The van der Waals surface area contributed by atoms with Gasteiger partial charge < -0.3 is 15.2 Å². The molecule has 0 bridgehead atoms. The predicted octanol–water partition coefficient (Wildman–Crippen LogP) is 3.01. The third-order valence-electron chi connectivity index (χ3n) is 4.34. The van der Waals surface area contributed by atoms with Gasteiger partial charge in [0.25, 0.3) is 0 Å². The molecule has 3 atom stereocenters. The van der Waals surface area contributed by atoms with E-state index in [-0.39, 0.29) is 24.8 Å². The minimum Gasteiger partial charge on any atom is -0.481 e. The number of aliphatic hydroxyl groups is 1. The van der Waals surface area contributed by atoms with Crippen molar-refractivity contribution in [2.24, 2.45) is 0 Å². The van der Waals surface area contributed by atoms with Gasteiger partial charge >= 0.3 is 0 Å². The van der Waals surface area contributed by atoms with E-state index in [1.165, 1.54) is 11.1 Å². The van der Waals surface area contributed by atoms with E-state index in [0.29, 0.717) is 6.42 Å². The Morgan fingerprint density at radius 1 is 1.26 bits per heavy atom. The smallest absolute Gasteiger partial charge is 0.148 e. The second-order valence-electron chi connectivity index (χ2n) is 5.90. The Hall–Kier alpha value is -2.28. The number of hydrogen-bond donors (Lipinski definition) is 2. The summed E-state index contributed by atoms with van der Waals surface area (Å²) in [4.78, 5) is 0. The van der Waals surface area contributed by atoms with Gasteiger partial charge in [-0.3, -0.25) is 0 Å². The maximum atomic E-state index is 10.3. The van der Waals surface area contributed by atoms with Gasteiger partial charge in [-0.1, -0.05) is 42.3 Å². The van der Waals surface area contributed by atoms with Crippen molar-refractivity contribution in [2.75, 3.05) is 6.61 Å². The lowest BCUT2D eigenvalue weighted by Crippen LogP contribution is -2.30. The number of benzene rings is 2. The number of rotatable bonds is 5. The third-order valence-corrected chi connectivity index (χ3v) is 4.34. The number of fused-ring (bicyclic) bond motifs is 1. The molecule has 0 heterocycles. The van der Waals surface area contributed by atoms with Crippen molar-refractivity contribution in [2.45, 2.75) is 31.5 Å². The molecule has 1 aliphatic carbocycles. The highest BCUT2D eigenvalue weighted by atomic mass is 16.5. The van der Waals surface area contributed by atoms with Crippen LogP contribution >= 0.6 is 0 Å². The Labute approximate surface area is 137 Å². The van der Waals surface area contributed by atoms with E-state index < -0.39 is 0 Å². The molecule has 2 N–H and O–H groups in total. The number of nitrogens with one attached hydrogen (secondary N) is 1. The molecule has 0 radical (unpaired) electrons. The van der Waals surface area contributed by atoms with Crippen LogP contribution in [0, 0.1) is 12.3 Å². The maximum absolute atomic E-state index is 10.3. The minimum absolute atomic E-state index is 0.0291. The van der Waals surface area contributed by atoms with E-state index in [0.717, 1.165) is 11.3 Å². The second-order valence-corrected chi connectivity index (χ2v) is 5.90. The SMILES string of the molecule is C#CCOc1ccc(C(C)NC2c3ccccc3CC2O)cc1. The van der Waals surface area contributed by atoms with E-state index in [1.54, 1.807) is 0 Å². The second kappa shape index (κ2) is 6.87. The standard InChI is InChI=1S/C20H21NO2/c1-3-12-23-17-10-8-15(9-11-17)14(2)21-20-18-7-5-4-6-16(18)13-19(20)22/h1,4-11,14,19-22H,12-13H2,2H3. The van der Waals surface area contributed by atoms with Crippen LogP contribution in [0.4, 0.5) is 0 Å². The normalized spacial score (nSPS) is 20.6. The van der Waals surface area contributed by atoms with Crippen LogP contribution in [0.2, 0.25) is 0 Å². The van der Waals surface area contributed by atoms with Crippen molar-refractivity contribution in [3.05, 3.63) is 65.2 Å². The molecule has 118 valence electrons. The van der Waals surface area contributed by atoms with E-state index in [2.05, 4.69) is 30.3 Å². The van der Waals surface area contributed by atoms with Crippen molar-refractivity contribution < 1.29 is 9.84 Å². The fourth-order valence-electron chi connectivity index (χ4n) is 3.12. The molecule has 0 aromatic heterocycles. The van der Waals surface area contributed by atoms with Crippen LogP contribution in [0.3, 0.4) is 0 Å². The van der Waals surface area contributed by atoms with E-state index in [1.807, 2.05) is 36.4 Å². The lowest BCUT2D eigenvalue weighted by Gasteiger charge is -2.23. The summed E-state index contributed by atoms with van der Waals surface area (Å²) in [6.07, 6.45) is 5.52. The number of ether oxygens (including phenoxy) is 1. The molecule has 3 heteroatoms. The number of aliphatic hydroxyl groups excluding tert-OH is 1. The fourth-order valence-corrected chi connectivity index (χ4v) is 3.12. The molecular weight excluding hydrogens is 286 g/mol. The van der Waals surface area contributed by atoms with Crippen molar-refractivity contribution in [3.8, 4) is 18.1 Å². The highest BCUT2D eigenvalue weighted by Gasteiger charge is 2.31. The molecule has 2 aromatic rings. The van der Waals surface area contributed by atoms with Crippen molar-refractivity contribution >= 4 is 0 Å². The van der Waals surface area contributed by atoms with Gasteiger partial charge in [-0.2, -0.15) is 0 Å². The van der Waals surface area contributed by atoms with E-state index >= 15 is 0 Å². The summed E-state index contributed by atoms with van der Waals surface area (Å²) in [5.74, 6) is 3.22. The Morgan fingerprint density at radius 3 is 2.74 bits per heavy atom. The van der Waals surface area contributed by atoms with E-state index in [9.17, 15) is 5.11 Å². The number of terminal acetylenes is 1. The van der Waals surface area contributed by atoms with Gasteiger partial charge in [-0.15, -0.1) is 6.42 Å². The zero-order chi connectivity index (χ0) is 16.2. The fraction of sp³-hybridized carbons (Fsp3) is 0.300. The highest BCUT2D eigenvalue weighted by Crippen LogP contribution is 2.33. The van der Waals surface area contributed by atoms with Crippen LogP contribution in [0.25, 0.3) is 0 Å². The molecule has 3 nitrogen and oxygen atoms in total. The average Bonchev–Trinajstić information content (AvgIpc) is 2.89. The lowest BCUT2D eigenvalue weighted by molar-refractivity contribution is 0.136. The van der Waals surface area contributed by atoms with Crippen molar-refractivity contribution in [1.82, 2.24) is 5.32 Å². The third kappa shape index (κ3) is 3.39. The molecule has 1 aliphatic rings. The molecule has 0 amide bonds. The first-order valence-electron chi connectivity index (χ1n) is 7.87. The average molecular weight is 307 g/mol. The van der Waals surface area contributed by atoms with Crippen LogP contribution < -0.4 is 10.1 Å². The van der Waals surface area contributed by atoms with E-state index in [4.69, 9.17) is 11.2 Å². The summed E-state index contributed by atoms with van der Waals surface area (Å²) < 4.78 is 5.39. The molecular formula is C20H21NO2. The summed E-state index contributed by atoms with van der Waals surface area (Å²) in [7, 11) is 0. The van der Waals surface area contributed by atoms with Gasteiger partial charge in [-0.25, -0.2) is 0 Å². The highest BCUT2D eigenvalue weighted by molar-refractivity contribution is 5.37. The Morgan fingerprint density at radius 2 is 2.00 bits per heavy atom. The molecule has 0 fully saturated rings. The quantitative estimate of drug-likeness (QED) is 0.834. The molecule has 2 aromatic carbocycles. The van der Waals surface area contributed by atoms with Crippen LogP contribution in [0.1, 0.15) is 35.7 Å². The summed E-state index contributed by atoms with van der Waals surface area (Å²) in [5.41, 5.74) is 3.57. The molecule has 0 saturated heterocycles. The Kier molecular flexibility index (Phi) is 4.66. The first kappa shape index (κ1) is 15.6. The molecule has 23 heavy (non-hydrogen) atoms. The van der Waals surface area contributed by atoms with Crippen LogP contribution in [0.15, 0.2) is 48.5 Å². The summed E-state index contributed by atoms with van der Waals surface area (Å²) >= 11 is 0. The van der Waals surface area contributed by atoms with Crippen LogP contribution in [0.5, 0.6) is 5.75 Å². The zero-order valence-corrected chi connectivity index (χ0v) is 13.2. The number of hydrogen-bond acceptors (Lipinski definition) is 3. The van der Waals surface area contributed by atoms with Crippen molar-refractivity contribution in [3.63, 3.8) is 0 Å². The largest absolute Gasteiger partial charge is 0.481 e. The van der Waals surface area contributed by atoms with Gasteiger partial charge in [0, 0.05) is 12.5 Å². The van der Waals surface area contributed by atoms with Gasteiger partial charge in [0.2, 0.25) is 0 Å². The monoisotopic (exact) mass is 307 g/mol. The van der Waals surface area contributed by atoms with Gasteiger partial charge in [0.15, 0.2) is 0 Å². The predicted molar refractivity (Wildman–Crippen MR) is 91.2 cm³/mol. The Bertz CT molecular complexity index is 702. The molecule has 0 spiro atoms. The topological polar surface area (TPSA) is 41.5 Å². The van der Waals surface area contributed by atoms with Gasteiger partial charge in [0.1, 0.15) is 12.4 Å². The summed E-state index contributed by atoms with van der Waals surface area (Å²) in [6, 6.07) is 16.2. The molecule has 3 unspecified atom stereocenters. The zero-order valence-electron chi connectivity index (χ0n) is 13.2. The minimum atomic E-state index is -0.381. The first-order valence-corrected chi connectivity index (χ1v) is 7.87. The van der Waals surface area contributed by atoms with Gasteiger partial charge in [0.05, 0.1) is 12.1 Å². The van der Waals surface area contributed by atoms with Crippen molar-refractivity contribution in [1.29, 1.82) is 0 Å². The summed E-state index contributed by atoms with van der Waals surface area (Å²) in [6.45, 7) is 2.38. The van der Waals surface area contributed by atoms with Gasteiger partial charge in [-0.05, 0) is 35.7 Å². The first-order chi connectivity index (χ1) is 11.2. The molecule has 0 saturated carbocycles. The Balaban J connectivity index is 1.70. The lowest BCUT2D eigenvalue weighted by atomic mass is 10.0. The maximum Gasteiger partial charge on any atom is 0.148 e. The molecule has 0 aliphatic heterocycles. The molecule has 3 rings (SSSR count). The van der Waals surface area contributed by atoms with Crippen LogP contribution in [-0.2, 0) is 6.42 Å².